The highest BCUT2D eigenvalue weighted by molar-refractivity contribution is 5.96. The minimum atomic E-state index is 0.208. The van der Waals surface area contributed by atoms with Crippen molar-refractivity contribution in [1.82, 2.24) is 0 Å². The molecular formula is C19H20O. The van der Waals surface area contributed by atoms with Gasteiger partial charge < -0.3 is 0 Å². The summed E-state index contributed by atoms with van der Waals surface area (Å²) in [5, 5.41) is 0. The van der Waals surface area contributed by atoms with E-state index >= 15 is 0 Å². The van der Waals surface area contributed by atoms with E-state index in [0.29, 0.717) is 6.42 Å². The highest BCUT2D eigenvalue weighted by atomic mass is 16.1. The van der Waals surface area contributed by atoms with E-state index in [1.165, 1.54) is 36.0 Å². The molecule has 0 saturated heterocycles. The van der Waals surface area contributed by atoms with Crippen LogP contribution in [0.3, 0.4) is 0 Å². The van der Waals surface area contributed by atoms with Gasteiger partial charge in [0.1, 0.15) is 0 Å². The van der Waals surface area contributed by atoms with Crippen molar-refractivity contribution >= 4 is 5.78 Å². The summed E-state index contributed by atoms with van der Waals surface area (Å²) in [4.78, 5) is 11.7. The fraction of sp³-hybridized carbons (Fsp3) is 0.316. The lowest BCUT2D eigenvalue weighted by Crippen LogP contribution is -2.08. The predicted molar refractivity (Wildman–Crippen MR) is 83.1 cm³/mol. The van der Waals surface area contributed by atoms with Gasteiger partial charge in [0.25, 0.3) is 0 Å². The maximum Gasteiger partial charge on any atom is 0.162 e. The second kappa shape index (κ2) is 5.62. The SMILES string of the molecule is CCC(=O)c1ccc(-c2cccc(C3CCC3)c2)cc1. The average Bonchev–Trinajstić information content (AvgIpc) is 2.45. The Labute approximate surface area is 120 Å². The molecule has 0 bridgehead atoms. The lowest BCUT2D eigenvalue weighted by Gasteiger charge is -2.26. The van der Waals surface area contributed by atoms with E-state index in [1.807, 2.05) is 19.1 Å². The third-order valence-corrected chi connectivity index (χ3v) is 4.32. The van der Waals surface area contributed by atoms with Gasteiger partial charge in [-0.15, -0.1) is 0 Å². The molecule has 1 nitrogen and oxygen atoms in total. The molecule has 2 aromatic carbocycles. The van der Waals surface area contributed by atoms with Crippen LogP contribution < -0.4 is 0 Å². The molecule has 20 heavy (non-hydrogen) atoms. The molecule has 0 amide bonds. The quantitative estimate of drug-likeness (QED) is 0.692. The van der Waals surface area contributed by atoms with E-state index in [0.717, 1.165) is 11.5 Å². The first kappa shape index (κ1) is 13.1. The van der Waals surface area contributed by atoms with Crippen LogP contribution in [0.25, 0.3) is 11.1 Å². The lowest BCUT2D eigenvalue weighted by molar-refractivity contribution is 0.0988. The summed E-state index contributed by atoms with van der Waals surface area (Å²) in [6.07, 6.45) is 4.58. The molecule has 1 aliphatic rings. The maximum atomic E-state index is 11.7. The van der Waals surface area contributed by atoms with Crippen molar-refractivity contribution in [3.8, 4) is 11.1 Å². The third-order valence-electron chi connectivity index (χ3n) is 4.32. The smallest absolute Gasteiger partial charge is 0.162 e. The van der Waals surface area contributed by atoms with Gasteiger partial charge in [0.05, 0.1) is 0 Å². The van der Waals surface area contributed by atoms with Crippen molar-refractivity contribution in [2.45, 2.75) is 38.5 Å². The molecule has 0 aliphatic heterocycles. The Morgan fingerprint density at radius 2 is 1.80 bits per heavy atom. The van der Waals surface area contributed by atoms with Gasteiger partial charge in [-0.2, -0.15) is 0 Å². The summed E-state index contributed by atoms with van der Waals surface area (Å²) >= 11 is 0. The van der Waals surface area contributed by atoms with Gasteiger partial charge in [0.2, 0.25) is 0 Å². The molecule has 1 aliphatic carbocycles. The van der Waals surface area contributed by atoms with Crippen LogP contribution in [-0.4, -0.2) is 5.78 Å². The minimum absolute atomic E-state index is 0.208. The van der Waals surface area contributed by atoms with Crippen molar-refractivity contribution in [1.29, 1.82) is 0 Å². The Bertz CT molecular complexity index is 606. The summed E-state index contributed by atoms with van der Waals surface area (Å²) < 4.78 is 0. The normalized spacial score (nSPS) is 14.8. The van der Waals surface area contributed by atoms with Gasteiger partial charge in [-0.05, 0) is 35.4 Å². The largest absolute Gasteiger partial charge is 0.294 e. The van der Waals surface area contributed by atoms with Crippen molar-refractivity contribution in [2.24, 2.45) is 0 Å². The third kappa shape index (κ3) is 2.53. The number of hydrogen-bond donors (Lipinski definition) is 0. The Morgan fingerprint density at radius 1 is 1.05 bits per heavy atom. The van der Waals surface area contributed by atoms with Crippen LogP contribution in [0, 0.1) is 0 Å². The van der Waals surface area contributed by atoms with Gasteiger partial charge >= 0.3 is 0 Å². The zero-order valence-corrected chi connectivity index (χ0v) is 11.9. The van der Waals surface area contributed by atoms with E-state index in [9.17, 15) is 4.79 Å². The van der Waals surface area contributed by atoms with Gasteiger partial charge in [-0.25, -0.2) is 0 Å². The standard InChI is InChI=1S/C19H20O/c1-2-19(20)16-11-9-15(10-12-16)18-8-4-7-17(13-18)14-5-3-6-14/h4,7-14H,2-3,5-6H2,1H3. The Hall–Kier alpha value is -1.89. The first-order valence-corrected chi connectivity index (χ1v) is 7.51. The number of carbonyl (C=O) groups is 1. The summed E-state index contributed by atoms with van der Waals surface area (Å²) in [6, 6.07) is 16.8. The molecule has 1 heteroatoms. The second-order valence-corrected chi connectivity index (χ2v) is 5.61. The van der Waals surface area contributed by atoms with Crippen LogP contribution in [0.4, 0.5) is 0 Å². The van der Waals surface area contributed by atoms with Crippen LogP contribution in [0.1, 0.15) is 54.4 Å². The minimum Gasteiger partial charge on any atom is -0.294 e. The number of carbonyl (C=O) groups excluding carboxylic acids is 1. The lowest BCUT2D eigenvalue weighted by atomic mass is 9.79. The molecule has 1 saturated carbocycles. The number of benzene rings is 2. The van der Waals surface area contributed by atoms with Crippen LogP contribution in [-0.2, 0) is 0 Å². The van der Waals surface area contributed by atoms with E-state index < -0.39 is 0 Å². The molecule has 1 fully saturated rings. The van der Waals surface area contributed by atoms with Crippen molar-refractivity contribution in [3.63, 3.8) is 0 Å². The summed E-state index contributed by atoms with van der Waals surface area (Å²) in [5.41, 5.74) is 4.72. The maximum absolute atomic E-state index is 11.7. The Kier molecular flexibility index (Phi) is 3.68. The zero-order chi connectivity index (χ0) is 13.9. The first-order valence-electron chi connectivity index (χ1n) is 7.51. The van der Waals surface area contributed by atoms with Gasteiger partial charge in [-0.1, -0.05) is 61.9 Å². The zero-order valence-electron chi connectivity index (χ0n) is 11.9. The van der Waals surface area contributed by atoms with E-state index in [4.69, 9.17) is 0 Å². The molecule has 0 aromatic heterocycles. The van der Waals surface area contributed by atoms with E-state index in [-0.39, 0.29) is 5.78 Å². The topological polar surface area (TPSA) is 17.1 Å². The van der Waals surface area contributed by atoms with Gasteiger partial charge in [0.15, 0.2) is 5.78 Å². The fourth-order valence-electron chi connectivity index (χ4n) is 2.77. The van der Waals surface area contributed by atoms with Crippen LogP contribution in [0.5, 0.6) is 0 Å². The molecular weight excluding hydrogens is 244 g/mol. The fourth-order valence-corrected chi connectivity index (χ4v) is 2.77. The number of Topliss-reactive ketones (excluding diaryl/α,β-unsaturated/α-hetero) is 1. The molecule has 0 heterocycles. The van der Waals surface area contributed by atoms with Crippen LogP contribution in [0.2, 0.25) is 0 Å². The molecule has 0 radical (unpaired) electrons. The summed E-state index contributed by atoms with van der Waals surface area (Å²) in [6.45, 7) is 1.90. The molecule has 0 spiro atoms. The predicted octanol–water partition coefficient (Wildman–Crippen LogP) is 5.21. The Balaban J connectivity index is 1.86. The molecule has 102 valence electrons. The summed E-state index contributed by atoms with van der Waals surface area (Å²) in [7, 11) is 0. The number of rotatable bonds is 4. The van der Waals surface area contributed by atoms with Crippen molar-refractivity contribution in [3.05, 3.63) is 59.7 Å². The van der Waals surface area contributed by atoms with Crippen LogP contribution >= 0.6 is 0 Å². The molecule has 3 rings (SSSR count). The molecule has 0 unspecified atom stereocenters. The Morgan fingerprint density at radius 3 is 2.40 bits per heavy atom. The van der Waals surface area contributed by atoms with E-state index in [2.05, 4.69) is 36.4 Å². The average molecular weight is 264 g/mol. The van der Waals surface area contributed by atoms with Crippen LogP contribution in [0.15, 0.2) is 48.5 Å². The highest BCUT2D eigenvalue weighted by Crippen LogP contribution is 2.37. The molecule has 2 aromatic rings. The first-order chi connectivity index (χ1) is 9.78. The number of ketones is 1. The second-order valence-electron chi connectivity index (χ2n) is 5.61. The van der Waals surface area contributed by atoms with Gasteiger partial charge in [0, 0.05) is 12.0 Å². The van der Waals surface area contributed by atoms with Crippen molar-refractivity contribution in [2.75, 3.05) is 0 Å². The number of hydrogen-bond acceptors (Lipinski definition) is 1. The summed E-state index contributed by atoms with van der Waals surface area (Å²) in [5.74, 6) is 0.968. The molecule has 0 N–H and O–H groups in total. The molecule has 0 atom stereocenters. The highest BCUT2D eigenvalue weighted by Gasteiger charge is 2.19. The van der Waals surface area contributed by atoms with Crippen molar-refractivity contribution < 1.29 is 4.79 Å². The van der Waals surface area contributed by atoms with E-state index in [1.54, 1.807) is 0 Å². The monoisotopic (exact) mass is 264 g/mol. The van der Waals surface area contributed by atoms with Gasteiger partial charge in [-0.3, -0.25) is 4.79 Å².